The number of hydrogen-bond donors (Lipinski definition) is 2. The summed E-state index contributed by atoms with van der Waals surface area (Å²) in [6.45, 7) is 0.146. The second-order valence-corrected chi connectivity index (χ2v) is 5.07. The summed E-state index contributed by atoms with van der Waals surface area (Å²) in [5.74, 6) is -1.04. The van der Waals surface area contributed by atoms with Crippen molar-refractivity contribution in [3.8, 4) is 0 Å². The third-order valence-corrected chi connectivity index (χ3v) is 3.36. The van der Waals surface area contributed by atoms with Crippen molar-refractivity contribution in [2.45, 2.75) is 6.54 Å². The summed E-state index contributed by atoms with van der Waals surface area (Å²) in [6.07, 6.45) is 2.99. The number of carbonyl (C=O) groups excluding carboxylic acids is 2. The van der Waals surface area contributed by atoms with Gasteiger partial charge >= 0.3 is 11.8 Å². The zero-order chi connectivity index (χ0) is 16.8. The molecule has 0 atom stereocenters. The van der Waals surface area contributed by atoms with E-state index in [9.17, 15) is 9.59 Å². The Kier molecular flexibility index (Phi) is 4.67. The number of benzene rings is 2. The van der Waals surface area contributed by atoms with Crippen LogP contribution < -0.4 is 10.7 Å². The summed E-state index contributed by atoms with van der Waals surface area (Å²) in [5.41, 5.74) is 3.02. The van der Waals surface area contributed by atoms with Crippen molar-refractivity contribution in [1.29, 1.82) is 0 Å². The van der Waals surface area contributed by atoms with Crippen LogP contribution in [0, 0.1) is 0 Å². The second kappa shape index (κ2) is 7.23. The maximum Gasteiger partial charge on any atom is 0.329 e. The highest BCUT2D eigenvalue weighted by atomic mass is 16.3. The van der Waals surface area contributed by atoms with Gasteiger partial charge in [0.05, 0.1) is 19.0 Å². The maximum atomic E-state index is 11.6. The first kappa shape index (κ1) is 15.5. The van der Waals surface area contributed by atoms with E-state index in [1.54, 1.807) is 12.1 Å². The van der Waals surface area contributed by atoms with E-state index in [1.165, 1.54) is 12.5 Å². The third kappa shape index (κ3) is 3.86. The molecule has 2 N–H and O–H groups in total. The highest BCUT2D eigenvalue weighted by Crippen LogP contribution is 2.14. The minimum Gasteiger partial charge on any atom is -0.467 e. The van der Waals surface area contributed by atoms with Gasteiger partial charge in [0.1, 0.15) is 5.76 Å². The number of furan rings is 1. The van der Waals surface area contributed by atoms with Crippen molar-refractivity contribution in [3.63, 3.8) is 0 Å². The SMILES string of the molecule is O=C(NCc1ccco1)C(=O)N/N=C\c1ccc2ccccc2c1. The predicted octanol–water partition coefficient (Wildman–Crippen LogP) is 2.20. The summed E-state index contributed by atoms with van der Waals surface area (Å²) < 4.78 is 5.06. The molecule has 0 aliphatic rings. The Morgan fingerprint density at radius 2 is 1.83 bits per heavy atom. The number of rotatable bonds is 4. The molecule has 1 aromatic heterocycles. The Morgan fingerprint density at radius 3 is 2.62 bits per heavy atom. The number of hydrazone groups is 1. The van der Waals surface area contributed by atoms with Gasteiger partial charge in [0.25, 0.3) is 0 Å². The van der Waals surface area contributed by atoms with Crippen molar-refractivity contribution in [2.24, 2.45) is 5.10 Å². The Bertz CT molecular complexity index is 885. The summed E-state index contributed by atoms with van der Waals surface area (Å²) in [6, 6.07) is 17.1. The molecular formula is C18H15N3O3. The number of fused-ring (bicyclic) bond motifs is 1. The van der Waals surface area contributed by atoms with Crippen LogP contribution in [-0.4, -0.2) is 18.0 Å². The molecule has 0 saturated carbocycles. The smallest absolute Gasteiger partial charge is 0.329 e. The Hall–Kier alpha value is -3.41. The van der Waals surface area contributed by atoms with Gasteiger partial charge in [-0.25, -0.2) is 5.43 Å². The fraction of sp³-hybridized carbons (Fsp3) is 0.0556. The Morgan fingerprint density at radius 1 is 1.00 bits per heavy atom. The topological polar surface area (TPSA) is 83.7 Å². The van der Waals surface area contributed by atoms with E-state index < -0.39 is 11.8 Å². The van der Waals surface area contributed by atoms with Gasteiger partial charge in [-0.3, -0.25) is 9.59 Å². The number of nitrogens with one attached hydrogen (secondary N) is 2. The highest BCUT2D eigenvalue weighted by molar-refractivity contribution is 6.35. The standard InChI is InChI=1S/C18H15N3O3/c22-17(19-12-16-6-3-9-24-16)18(23)21-20-11-13-7-8-14-4-1-2-5-15(14)10-13/h1-11H,12H2,(H,19,22)(H,21,23)/b20-11-. The maximum absolute atomic E-state index is 11.6. The van der Waals surface area contributed by atoms with Crippen LogP contribution in [0.4, 0.5) is 0 Å². The first-order valence-electron chi connectivity index (χ1n) is 7.35. The number of carbonyl (C=O) groups is 2. The fourth-order valence-corrected chi connectivity index (χ4v) is 2.17. The van der Waals surface area contributed by atoms with Gasteiger partial charge in [0.15, 0.2) is 0 Å². The second-order valence-electron chi connectivity index (χ2n) is 5.07. The lowest BCUT2D eigenvalue weighted by Crippen LogP contribution is -2.37. The molecule has 0 bridgehead atoms. The first-order chi connectivity index (χ1) is 11.7. The summed E-state index contributed by atoms with van der Waals surface area (Å²) in [4.78, 5) is 23.3. The van der Waals surface area contributed by atoms with Gasteiger partial charge in [0, 0.05) is 0 Å². The van der Waals surface area contributed by atoms with Gasteiger partial charge in [-0.15, -0.1) is 0 Å². The molecule has 0 spiro atoms. The molecule has 6 nitrogen and oxygen atoms in total. The average molecular weight is 321 g/mol. The molecule has 0 saturated heterocycles. The van der Waals surface area contributed by atoms with E-state index in [0.29, 0.717) is 5.76 Å². The van der Waals surface area contributed by atoms with E-state index in [4.69, 9.17) is 4.42 Å². The summed E-state index contributed by atoms with van der Waals surface area (Å²) in [5, 5.41) is 8.44. The van der Waals surface area contributed by atoms with Gasteiger partial charge in [-0.1, -0.05) is 36.4 Å². The normalized spacial score (nSPS) is 10.8. The van der Waals surface area contributed by atoms with Crippen LogP contribution in [-0.2, 0) is 16.1 Å². The van der Waals surface area contributed by atoms with Crippen LogP contribution in [0.2, 0.25) is 0 Å². The summed E-state index contributed by atoms with van der Waals surface area (Å²) in [7, 11) is 0. The van der Waals surface area contributed by atoms with Crippen molar-refractivity contribution < 1.29 is 14.0 Å². The molecule has 3 rings (SSSR count). The van der Waals surface area contributed by atoms with Gasteiger partial charge < -0.3 is 9.73 Å². The van der Waals surface area contributed by atoms with Gasteiger partial charge in [-0.2, -0.15) is 5.10 Å². The van der Waals surface area contributed by atoms with E-state index in [2.05, 4.69) is 15.8 Å². The lowest BCUT2D eigenvalue weighted by Gasteiger charge is -2.02. The van der Waals surface area contributed by atoms with Crippen molar-refractivity contribution in [2.75, 3.05) is 0 Å². The molecular weight excluding hydrogens is 306 g/mol. The molecule has 0 aliphatic carbocycles. The van der Waals surface area contributed by atoms with E-state index >= 15 is 0 Å². The van der Waals surface area contributed by atoms with E-state index in [1.807, 2.05) is 42.5 Å². The summed E-state index contributed by atoms with van der Waals surface area (Å²) >= 11 is 0. The number of nitrogens with zero attached hydrogens (tertiary/aromatic N) is 1. The Balaban J connectivity index is 1.54. The average Bonchev–Trinajstić information content (AvgIpc) is 3.13. The largest absolute Gasteiger partial charge is 0.467 e. The van der Waals surface area contributed by atoms with E-state index in [-0.39, 0.29) is 6.54 Å². The lowest BCUT2D eigenvalue weighted by molar-refractivity contribution is -0.139. The Labute approximate surface area is 138 Å². The van der Waals surface area contributed by atoms with E-state index in [0.717, 1.165) is 16.3 Å². The van der Waals surface area contributed by atoms with Crippen LogP contribution in [0.1, 0.15) is 11.3 Å². The van der Waals surface area contributed by atoms with Gasteiger partial charge in [-0.05, 0) is 34.5 Å². The van der Waals surface area contributed by atoms with Gasteiger partial charge in [0.2, 0.25) is 0 Å². The molecule has 1 heterocycles. The minimum atomic E-state index is -0.835. The lowest BCUT2D eigenvalue weighted by atomic mass is 10.1. The zero-order valence-electron chi connectivity index (χ0n) is 12.7. The van der Waals surface area contributed by atoms with Crippen LogP contribution in [0.25, 0.3) is 10.8 Å². The molecule has 0 aliphatic heterocycles. The van der Waals surface area contributed by atoms with Crippen molar-refractivity contribution in [3.05, 3.63) is 72.2 Å². The highest BCUT2D eigenvalue weighted by Gasteiger charge is 2.12. The van der Waals surface area contributed by atoms with Crippen molar-refractivity contribution in [1.82, 2.24) is 10.7 Å². The molecule has 2 amide bonds. The number of hydrogen-bond acceptors (Lipinski definition) is 4. The quantitative estimate of drug-likeness (QED) is 0.439. The van der Waals surface area contributed by atoms with Crippen LogP contribution in [0.5, 0.6) is 0 Å². The molecule has 120 valence electrons. The molecule has 24 heavy (non-hydrogen) atoms. The fourth-order valence-electron chi connectivity index (χ4n) is 2.17. The number of amides is 2. The third-order valence-electron chi connectivity index (χ3n) is 3.36. The molecule has 6 heteroatoms. The van der Waals surface area contributed by atoms with Crippen LogP contribution in [0.3, 0.4) is 0 Å². The first-order valence-corrected chi connectivity index (χ1v) is 7.35. The zero-order valence-corrected chi connectivity index (χ0v) is 12.7. The predicted molar refractivity (Wildman–Crippen MR) is 90.2 cm³/mol. The molecule has 3 aromatic rings. The molecule has 2 aromatic carbocycles. The molecule has 0 radical (unpaired) electrons. The molecule has 0 fully saturated rings. The van der Waals surface area contributed by atoms with Crippen LogP contribution >= 0.6 is 0 Å². The van der Waals surface area contributed by atoms with Crippen LogP contribution in [0.15, 0.2) is 70.4 Å². The molecule has 0 unspecified atom stereocenters. The minimum absolute atomic E-state index is 0.146. The monoisotopic (exact) mass is 321 g/mol. The van der Waals surface area contributed by atoms with Crippen molar-refractivity contribution >= 4 is 28.8 Å².